The number of ether oxygens (including phenoxy) is 1. The van der Waals surface area contributed by atoms with Gasteiger partial charge in [-0.25, -0.2) is 0 Å². The molecular weight excluding hydrogens is 256 g/mol. The Morgan fingerprint density at radius 3 is 2.45 bits per heavy atom. The molecule has 4 nitrogen and oxygen atoms in total. The van der Waals surface area contributed by atoms with Gasteiger partial charge < -0.3 is 9.84 Å². The van der Waals surface area contributed by atoms with Gasteiger partial charge in [-0.2, -0.15) is 0 Å². The third kappa shape index (κ3) is 2.00. The first kappa shape index (κ1) is 12.6. The monoisotopic (exact) mass is 268 g/mol. The fraction of sp³-hybridized carbons (Fsp3) is 0.125. The Morgan fingerprint density at radius 1 is 0.950 bits per heavy atom. The van der Waals surface area contributed by atoms with Gasteiger partial charge in [-0.15, -0.1) is 0 Å². The summed E-state index contributed by atoms with van der Waals surface area (Å²) in [6, 6.07) is 14.3. The van der Waals surface area contributed by atoms with Crippen molar-refractivity contribution in [3.8, 4) is 5.75 Å². The number of Topliss-reactive ketones (excluding diaryl/α,β-unsaturated/α-hetero) is 2. The Morgan fingerprint density at radius 2 is 1.70 bits per heavy atom. The largest absolute Gasteiger partial charge is 0.488 e. The van der Waals surface area contributed by atoms with Crippen LogP contribution in [0.3, 0.4) is 0 Å². The number of ketones is 2. The smallest absolute Gasteiger partial charge is 0.203 e. The van der Waals surface area contributed by atoms with Gasteiger partial charge in [-0.05, 0) is 11.6 Å². The van der Waals surface area contributed by atoms with Crippen molar-refractivity contribution in [3.63, 3.8) is 0 Å². The average molecular weight is 268 g/mol. The van der Waals surface area contributed by atoms with Crippen LogP contribution in [0.15, 0.2) is 48.5 Å². The average Bonchev–Trinajstić information content (AvgIpc) is 2.72. The molecule has 3 rings (SSSR count). The van der Waals surface area contributed by atoms with Crippen molar-refractivity contribution in [3.05, 3.63) is 65.2 Å². The number of carbonyl (C=O) groups excluding carboxylic acids is 2. The van der Waals surface area contributed by atoms with Gasteiger partial charge in [0.1, 0.15) is 12.4 Å². The molecule has 0 spiro atoms. The van der Waals surface area contributed by atoms with E-state index < -0.39 is 17.7 Å². The van der Waals surface area contributed by atoms with Crippen LogP contribution in [0.5, 0.6) is 5.75 Å². The second kappa shape index (κ2) is 4.90. The van der Waals surface area contributed by atoms with Gasteiger partial charge in [0.25, 0.3) is 0 Å². The maximum atomic E-state index is 11.9. The van der Waals surface area contributed by atoms with E-state index in [9.17, 15) is 14.7 Å². The number of benzene rings is 2. The topological polar surface area (TPSA) is 63.6 Å². The summed E-state index contributed by atoms with van der Waals surface area (Å²) in [5, 5.41) is 9.54. The third-order valence-corrected chi connectivity index (χ3v) is 3.27. The lowest BCUT2D eigenvalue weighted by Gasteiger charge is -2.09. The molecule has 0 bridgehead atoms. The molecular formula is C16H12O4. The lowest BCUT2D eigenvalue weighted by Crippen LogP contribution is -2.20. The number of fused-ring (bicyclic) bond motifs is 1. The second-order valence-corrected chi connectivity index (χ2v) is 4.58. The van der Waals surface area contributed by atoms with Gasteiger partial charge in [0.05, 0.1) is 5.56 Å². The van der Waals surface area contributed by atoms with Crippen LogP contribution in [0.25, 0.3) is 0 Å². The highest BCUT2D eigenvalue weighted by molar-refractivity contribution is 6.29. The molecule has 1 aliphatic carbocycles. The minimum absolute atomic E-state index is 0.181. The van der Waals surface area contributed by atoms with Crippen LogP contribution < -0.4 is 4.74 Å². The van der Waals surface area contributed by atoms with E-state index in [1.165, 1.54) is 6.07 Å². The summed E-state index contributed by atoms with van der Waals surface area (Å²) in [4.78, 5) is 23.6. The lowest BCUT2D eigenvalue weighted by molar-refractivity contribution is 0.0662. The van der Waals surface area contributed by atoms with E-state index in [1.807, 2.05) is 30.3 Å². The van der Waals surface area contributed by atoms with Crippen LogP contribution in [0.4, 0.5) is 0 Å². The number of aliphatic hydroxyl groups excluding tert-OH is 1. The van der Waals surface area contributed by atoms with E-state index in [-0.39, 0.29) is 11.1 Å². The highest BCUT2D eigenvalue weighted by Gasteiger charge is 2.39. The summed E-state index contributed by atoms with van der Waals surface area (Å²) < 4.78 is 5.62. The first-order valence-electron chi connectivity index (χ1n) is 6.24. The van der Waals surface area contributed by atoms with Crippen LogP contribution in [-0.2, 0) is 6.61 Å². The summed E-state index contributed by atoms with van der Waals surface area (Å²) in [7, 11) is 0. The Kier molecular flexibility index (Phi) is 3.08. The zero-order valence-electron chi connectivity index (χ0n) is 10.6. The molecule has 2 aromatic carbocycles. The maximum absolute atomic E-state index is 11.9. The van der Waals surface area contributed by atoms with E-state index in [1.54, 1.807) is 12.1 Å². The molecule has 1 atom stereocenters. The van der Waals surface area contributed by atoms with Crippen molar-refractivity contribution in [2.75, 3.05) is 0 Å². The molecule has 4 heteroatoms. The standard InChI is InChI=1S/C16H12O4/c17-14-11-7-4-8-12(13(11)15(18)16(14)19)20-9-10-5-2-1-3-6-10/h1-8,16,19H,9H2. The third-order valence-electron chi connectivity index (χ3n) is 3.27. The zero-order valence-corrected chi connectivity index (χ0v) is 10.6. The van der Waals surface area contributed by atoms with E-state index in [0.717, 1.165) is 5.56 Å². The molecule has 20 heavy (non-hydrogen) atoms. The van der Waals surface area contributed by atoms with Crippen LogP contribution >= 0.6 is 0 Å². The molecule has 0 aromatic heterocycles. The predicted octanol–water partition coefficient (Wildman–Crippen LogP) is 2.01. The van der Waals surface area contributed by atoms with Gasteiger partial charge in [0, 0.05) is 5.56 Å². The molecule has 0 fully saturated rings. The van der Waals surface area contributed by atoms with Crippen molar-refractivity contribution in [1.82, 2.24) is 0 Å². The van der Waals surface area contributed by atoms with Crippen LogP contribution in [0, 0.1) is 0 Å². The number of carbonyl (C=O) groups is 2. The minimum atomic E-state index is -1.59. The van der Waals surface area contributed by atoms with Gasteiger partial charge in [-0.1, -0.05) is 42.5 Å². The predicted molar refractivity (Wildman–Crippen MR) is 71.9 cm³/mol. The molecule has 100 valence electrons. The lowest BCUT2D eigenvalue weighted by atomic mass is 10.1. The summed E-state index contributed by atoms with van der Waals surface area (Å²) >= 11 is 0. The molecule has 0 aliphatic heterocycles. The highest BCUT2D eigenvalue weighted by atomic mass is 16.5. The summed E-state index contributed by atoms with van der Waals surface area (Å²) in [5.41, 5.74) is 1.37. The summed E-state index contributed by atoms with van der Waals surface area (Å²) in [6.07, 6.45) is -1.59. The fourth-order valence-corrected chi connectivity index (χ4v) is 2.25. The Balaban J connectivity index is 1.90. The molecule has 0 radical (unpaired) electrons. The van der Waals surface area contributed by atoms with Crippen LogP contribution in [0.2, 0.25) is 0 Å². The van der Waals surface area contributed by atoms with Crippen molar-refractivity contribution in [1.29, 1.82) is 0 Å². The van der Waals surface area contributed by atoms with E-state index in [4.69, 9.17) is 4.74 Å². The van der Waals surface area contributed by atoms with Crippen LogP contribution in [0.1, 0.15) is 26.3 Å². The highest BCUT2D eigenvalue weighted by Crippen LogP contribution is 2.31. The van der Waals surface area contributed by atoms with Gasteiger partial charge in [-0.3, -0.25) is 9.59 Å². The van der Waals surface area contributed by atoms with E-state index in [0.29, 0.717) is 12.4 Å². The minimum Gasteiger partial charge on any atom is -0.488 e. The second-order valence-electron chi connectivity index (χ2n) is 4.58. The number of hydrogen-bond donors (Lipinski definition) is 1. The number of rotatable bonds is 3. The molecule has 1 unspecified atom stereocenters. The molecule has 1 aliphatic rings. The molecule has 1 N–H and O–H groups in total. The van der Waals surface area contributed by atoms with Crippen molar-refractivity contribution in [2.45, 2.75) is 12.7 Å². The number of hydrogen-bond acceptors (Lipinski definition) is 4. The van der Waals surface area contributed by atoms with Gasteiger partial charge in [0.15, 0.2) is 11.9 Å². The van der Waals surface area contributed by atoms with Crippen molar-refractivity contribution < 1.29 is 19.4 Å². The van der Waals surface area contributed by atoms with Gasteiger partial charge in [0.2, 0.25) is 5.78 Å². The van der Waals surface area contributed by atoms with E-state index in [2.05, 4.69) is 0 Å². The Labute approximate surface area is 115 Å². The molecule has 2 aromatic rings. The number of aliphatic hydroxyl groups is 1. The summed E-state index contributed by atoms with van der Waals surface area (Å²) in [5.74, 6) is -0.815. The fourth-order valence-electron chi connectivity index (χ4n) is 2.25. The zero-order chi connectivity index (χ0) is 14.1. The molecule has 0 saturated carbocycles. The maximum Gasteiger partial charge on any atom is 0.203 e. The molecule has 0 amide bonds. The molecule has 0 saturated heterocycles. The van der Waals surface area contributed by atoms with Crippen molar-refractivity contribution in [2.24, 2.45) is 0 Å². The van der Waals surface area contributed by atoms with Crippen LogP contribution in [-0.4, -0.2) is 22.8 Å². The first-order valence-corrected chi connectivity index (χ1v) is 6.24. The quantitative estimate of drug-likeness (QED) is 0.865. The Bertz CT molecular complexity index is 676. The summed E-state index contributed by atoms with van der Waals surface area (Å²) in [6.45, 7) is 0.300. The Hall–Kier alpha value is -2.46. The van der Waals surface area contributed by atoms with E-state index >= 15 is 0 Å². The molecule has 0 heterocycles. The van der Waals surface area contributed by atoms with Crippen molar-refractivity contribution >= 4 is 11.6 Å². The van der Waals surface area contributed by atoms with Gasteiger partial charge >= 0.3 is 0 Å². The first-order chi connectivity index (χ1) is 9.68. The SMILES string of the molecule is O=C1c2cccc(OCc3ccccc3)c2C(=O)C1O. The normalized spacial score (nSPS) is 17.1.